The number of nitrogens with one attached hydrogen (secondary N) is 1. The highest BCUT2D eigenvalue weighted by atomic mass is 16.5. The lowest BCUT2D eigenvalue weighted by Crippen LogP contribution is -2.39. The van der Waals surface area contributed by atoms with Crippen LogP contribution in [0.15, 0.2) is 4.52 Å². The summed E-state index contributed by atoms with van der Waals surface area (Å²) in [5.41, 5.74) is 0. The molecular weight excluding hydrogens is 230 g/mol. The van der Waals surface area contributed by atoms with E-state index in [0.29, 0.717) is 30.5 Å². The van der Waals surface area contributed by atoms with Gasteiger partial charge in [0.1, 0.15) is 6.61 Å². The van der Waals surface area contributed by atoms with Crippen molar-refractivity contribution >= 4 is 0 Å². The third kappa shape index (κ3) is 1.53. The first kappa shape index (κ1) is 10.9. The van der Waals surface area contributed by atoms with Crippen LogP contribution < -0.4 is 5.32 Å². The van der Waals surface area contributed by atoms with Gasteiger partial charge in [0.25, 0.3) is 0 Å². The van der Waals surface area contributed by atoms with Gasteiger partial charge in [0.05, 0.1) is 6.10 Å². The van der Waals surface area contributed by atoms with Gasteiger partial charge in [-0.1, -0.05) is 12.1 Å². The molecule has 1 aromatic heterocycles. The maximum atomic E-state index is 6.06. The fourth-order valence-corrected chi connectivity index (χ4v) is 4.14. The van der Waals surface area contributed by atoms with Gasteiger partial charge in [0.2, 0.25) is 5.89 Å². The Morgan fingerprint density at radius 3 is 3.17 bits per heavy atom. The highest BCUT2D eigenvalue weighted by Gasteiger charge is 2.56. The molecule has 0 radical (unpaired) electrons. The first-order valence-corrected chi connectivity index (χ1v) is 7.01. The van der Waals surface area contributed by atoms with Gasteiger partial charge in [-0.15, -0.1) is 0 Å². The molecule has 1 aliphatic heterocycles. The van der Waals surface area contributed by atoms with Gasteiger partial charge < -0.3 is 14.6 Å². The molecule has 0 amide bonds. The van der Waals surface area contributed by atoms with Gasteiger partial charge in [-0.3, -0.25) is 0 Å². The van der Waals surface area contributed by atoms with Crippen LogP contribution in [-0.2, 0) is 17.8 Å². The number of hydrogen-bond donors (Lipinski definition) is 1. The molecule has 5 heteroatoms. The molecule has 1 N–H and O–H groups in total. The van der Waals surface area contributed by atoms with Crippen LogP contribution in [0.1, 0.15) is 31.5 Å². The maximum Gasteiger partial charge on any atom is 0.226 e. The minimum absolute atomic E-state index is 0.359. The van der Waals surface area contributed by atoms with E-state index in [9.17, 15) is 0 Å². The number of hydrogen-bond acceptors (Lipinski definition) is 5. The monoisotopic (exact) mass is 249 g/mol. The summed E-state index contributed by atoms with van der Waals surface area (Å²) in [6.07, 6.45) is 3.83. The van der Waals surface area contributed by atoms with Crippen LogP contribution >= 0.6 is 0 Å². The van der Waals surface area contributed by atoms with Crippen LogP contribution in [0.25, 0.3) is 0 Å². The lowest BCUT2D eigenvalue weighted by Gasteiger charge is -2.27. The zero-order valence-electron chi connectivity index (χ0n) is 10.6. The number of rotatable bonds is 4. The molecule has 1 saturated heterocycles. The third-order valence-electron chi connectivity index (χ3n) is 4.90. The van der Waals surface area contributed by atoms with Crippen molar-refractivity contribution in [3.05, 3.63) is 11.7 Å². The van der Waals surface area contributed by atoms with Gasteiger partial charge in [-0.05, 0) is 37.1 Å². The van der Waals surface area contributed by atoms with E-state index in [1.54, 1.807) is 0 Å². The molecule has 5 unspecified atom stereocenters. The van der Waals surface area contributed by atoms with E-state index in [-0.39, 0.29) is 0 Å². The first-order valence-electron chi connectivity index (χ1n) is 7.01. The van der Waals surface area contributed by atoms with Crippen molar-refractivity contribution < 1.29 is 9.26 Å². The highest BCUT2D eigenvalue weighted by Crippen LogP contribution is 2.52. The summed E-state index contributed by atoms with van der Waals surface area (Å²) in [4.78, 5) is 4.29. The number of nitrogens with zero attached hydrogens (tertiary/aromatic N) is 2. The predicted molar refractivity (Wildman–Crippen MR) is 63.7 cm³/mol. The van der Waals surface area contributed by atoms with Crippen LogP contribution in [0.3, 0.4) is 0 Å². The summed E-state index contributed by atoms with van der Waals surface area (Å²) in [5, 5.41) is 7.56. The average Bonchev–Trinajstić information content (AvgIpc) is 3.07. The molecule has 18 heavy (non-hydrogen) atoms. The number of ether oxygens (including phenoxy) is 1. The fourth-order valence-electron chi connectivity index (χ4n) is 4.14. The van der Waals surface area contributed by atoms with Crippen LogP contribution in [0, 0.1) is 17.8 Å². The summed E-state index contributed by atoms with van der Waals surface area (Å²) in [6, 6.07) is 0.575. The van der Waals surface area contributed by atoms with Crippen LogP contribution in [0.5, 0.6) is 0 Å². The van der Waals surface area contributed by atoms with E-state index < -0.39 is 0 Å². The second-order valence-electron chi connectivity index (χ2n) is 5.82. The molecule has 2 aliphatic carbocycles. The second kappa shape index (κ2) is 4.03. The molecular formula is C13H19N3O2. The van der Waals surface area contributed by atoms with E-state index in [1.807, 2.05) is 6.92 Å². The van der Waals surface area contributed by atoms with E-state index in [0.717, 1.165) is 24.2 Å². The quantitative estimate of drug-likeness (QED) is 0.867. The minimum Gasteiger partial charge on any atom is -0.368 e. The Hall–Kier alpha value is -0.940. The van der Waals surface area contributed by atoms with Crippen molar-refractivity contribution in [2.75, 3.05) is 6.54 Å². The fraction of sp³-hybridized carbons (Fsp3) is 0.846. The summed E-state index contributed by atoms with van der Waals surface area (Å²) in [6.45, 7) is 3.69. The SMILES string of the molecule is CCc1nc(COC2C3CC4CNC2C4C3)no1. The Kier molecular flexibility index (Phi) is 2.45. The Balaban J connectivity index is 1.41. The summed E-state index contributed by atoms with van der Waals surface area (Å²) < 4.78 is 11.2. The van der Waals surface area contributed by atoms with Gasteiger partial charge >= 0.3 is 0 Å². The molecule has 0 spiro atoms. The average molecular weight is 249 g/mol. The standard InChI is InChI=1S/C13H19N3O2/c1-2-11-15-10(16-18-11)6-17-13-7-3-8-5-14-12(13)9(8)4-7/h7-9,12-14H,2-6H2,1H3. The third-order valence-corrected chi connectivity index (χ3v) is 4.90. The lowest BCUT2D eigenvalue weighted by atomic mass is 9.88. The van der Waals surface area contributed by atoms with Crippen molar-refractivity contribution in [2.24, 2.45) is 17.8 Å². The van der Waals surface area contributed by atoms with Crippen molar-refractivity contribution in [2.45, 2.75) is 44.9 Å². The number of aromatic nitrogens is 2. The Morgan fingerprint density at radius 1 is 1.39 bits per heavy atom. The Labute approximate surface area is 106 Å². The molecule has 2 heterocycles. The maximum absolute atomic E-state index is 6.06. The summed E-state index contributed by atoms with van der Waals surface area (Å²) in [5.74, 6) is 3.90. The summed E-state index contributed by atoms with van der Waals surface area (Å²) >= 11 is 0. The molecule has 0 aromatic carbocycles. The van der Waals surface area contributed by atoms with Crippen LogP contribution in [0.2, 0.25) is 0 Å². The molecule has 3 fully saturated rings. The molecule has 98 valence electrons. The lowest BCUT2D eigenvalue weighted by molar-refractivity contribution is -0.0117. The Bertz CT molecular complexity index is 445. The largest absolute Gasteiger partial charge is 0.368 e. The molecule has 4 rings (SSSR count). The zero-order chi connectivity index (χ0) is 12.1. The zero-order valence-corrected chi connectivity index (χ0v) is 10.6. The molecule has 2 saturated carbocycles. The van der Waals surface area contributed by atoms with Crippen LogP contribution in [0.4, 0.5) is 0 Å². The molecule has 3 aliphatic rings. The van der Waals surface area contributed by atoms with E-state index in [4.69, 9.17) is 9.26 Å². The van der Waals surface area contributed by atoms with Crippen LogP contribution in [-0.4, -0.2) is 28.8 Å². The number of fused-ring (bicyclic) bond motifs is 1. The molecule has 5 nitrogen and oxygen atoms in total. The van der Waals surface area contributed by atoms with Crippen molar-refractivity contribution in [3.8, 4) is 0 Å². The molecule has 2 bridgehead atoms. The van der Waals surface area contributed by atoms with Gasteiger partial charge in [-0.2, -0.15) is 4.98 Å². The smallest absolute Gasteiger partial charge is 0.226 e. The first-order chi connectivity index (χ1) is 8.85. The minimum atomic E-state index is 0.359. The van der Waals surface area contributed by atoms with E-state index >= 15 is 0 Å². The highest BCUT2D eigenvalue weighted by molar-refractivity contribution is 5.10. The number of aryl methyl sites for hydroxylation is 1. The predicted octanol–water partition coefficient (Wildman–Crippen LogP) is 1.14. The van der Waals surface area contributed by atoms with Crippen molar-refractivity contribution in [1.29, 1.82) is 0 Å². The van der Waals surface area contributed by atoms with E-state index in [1.165, 1.54) is 19.4 Å². The Morgan fingerprint density at radius 2 is 2.33 bits per heavy atom. The van der Waals surface area contributed by atoms with E-state index in [2.05, 4.69) is 15.5 Å². The second-order valence-corrected chi connectivity index (χ2v) is 5.82. The van der Waals surface area contributed by atoms with Crippen molar-refractivity contribution in [1.82, 2.24) is 15.5 Å². The van der Waals surface area contributed by atoms with Crippen molar-refractivity contribution in [3.63, 3.8) is 0 Å². The van der Waals surface area contributed by atoms with Gasteiger partial charge in [-0.25, -0.2) is 0 Å². The molecule has 1 aromatic rings. The van der Waals surface area contributed by atoms with Gasteiger partial charge in [0, 0.05) is 12.5 Å². The topological polar surface area (TPSA) is 60.2 Å². The summed E-state index contributed by atoms with van der Waals surface area (Å²) in [7, 11) is 0. The molecule has 5 atom stereocenters. The van der Waals surface area contributed by atoms with Gasteiger partial charge in [0.15, 0.2) is 5.82 Å². The normalized spacial score (nSPS) is 40.8.